The Kier molecular flexibility index (Phi) is 14.9. The second-order valence-electron chi connectivity index (χ2n) is 6.47. The summed E-state index contributed by atoms with van der Waals surface area (Å²) in [5, 5.41) is 0. The molecular weight excluding hydrogens is 340 g/mol. The maximum Gasteiger partial charge on any atom is 0.373 e. The average molecular weight is 377 g/mol. The normalized spacial score (nSPS) is 13.9. The monoisotopic (exact) mass is 376 g/mol. The quantitative estimate of drug-likeness (QED) is 0.0921. The number of methoxy groups -OCH3 is 2. The standard InChI is InChI=1S/C23H36O4/c1-7-14-19(3)15-12-10-9-11-13-16-20(4)17-22(26-6)23(24)27-18-21(8-2)25-5/h7-8,14,16-17,21H,1-2,9-13,15,18H2,3-6H3/b19-14+,20-16+,22-17-. The summed E-state index contributed by atoms with van der Waals surface area (Å²) >= 11 is 0. The van der Waals surface area contributed by atoms with Crippen molar-refractivity contribution in [1.82, 2.24) is 0 Å². The first-order valence-corrected chi connectivity index (χ1v) is 9.51. The summed E-state index contributed by atoms with van der Waals surface area (Å²) in [5.74, 6) is -0.316. The molecule has 0 aliphatic rings. The van der Waals surface area contributed by atoms with Crippen molar-refractivity contribution in [3.8, 4) is 0 Å². The van der Waals surface area contributed by atoms with Gasteiger partial charge in [-0.25, -0.2) is 4.79 Å². The van der Waals surface area contributed by atoms with Crippen molar-refractivity contribution in [2.45, 2.75) is 58.5 Å². The third kappa shape index (κ3) is 12.8. The van der Waals surface area contributed by atoms with Crippen LogP contribution in [-0.4, -0.2) is 32.9 Å². The molecule has 0 heterocycles. The fourth-order valence-corrected chi connectivity index (χ4v) is 2.44. The van der Waals surface area contributed by atoms with Crippen LogP contribution in [0.3, 0.4) is 0 Å². The van der Waals surface area contributed by atoms with Gasteiger partial charge in [0.15, 0.2) is 0 Å². The Morgan fingerprint density at radius 2 is 1.78 bits per heavy atom. The van der Waals surface area contributed by atoms with Crippen LogP contribution in [0.5, 0.6) is 0 Å². The van der Waals surface area contributed by atoms with Crippen LogP contribution in [-0.2, 0) is 19.0 Å². The van der Waals surface area contributed by atoms with Gasteiger partial charge in [0, 0.05) is 7.11 Å². The van der Waals surface area contributed by atoms with E-state index in [-0.39, 0.29) is 18.5 Å². The highest BCUT2D eigenvalue weighted by Gasteiger charge is 2.13. The molecule has 0 spiro atoms. The maximum atomic E-state index is 12.1. The first kappa shape index (κ1) is 24.9. The summed E-state index contributed by atoms with van der Waals surface area (Å²) in [5.41, 5.74) is 2.37. The van der Waals surface area contributed by atoms with Crippen LogP contribution >= 0.6 is 0 Å². The molecule has 0 aliphatic heterocycles. The third-order valence-corrected chi connectivity index (χ3v) is 4.12. The van der Waals surface area contributed by atoms with Crippen LogP contribution in [0.1, 0.15) is 52.4 Å². The molecule has 0 aromatic carbocycles. The van der Waals surface area contributed by atoms with E-state index in [1.54, 1.807) is 19.3 Å². The number of esters is 1. The van der Waals surface area contributed by atoms with Crippen molar-refractivity contribution in [1.29, 1.82) is 0 Å². The second-order valence-corrected chi connectivity index (χ2v) is 6.47. The van der Waals surface area contributed by atoms with Gasteiger partial charge in [-0.1, -0.05) is 54.9 Å². The van der Waals surface area contributed by atoms with Gasteiger partial charge in [0.25, 0.3) is 0 Å². The molecule has 152 valence electrons. The van der Waals surface area contributed by atoms with Crippen molar-refractivity contribution in [3.05, 3.63) is 60.4 Å². The largest absolute Gasteiger partial charge is 0.490 e. The lowest BCUT2D eigenvalue weighted by Crippen LogP contribution is -2.20. The molecule has 1 atom stereocenters. The molecule has 0 radical (unpaired) electrons. The third-order valence-electron chi connectivity index (χ3n) is 4.12. The van der Waals surface area contributed by atoms with Gasteiger partial charge in [-0.3, -0.25) is 0 Å². The average Bonchev–Trinajstić information content (AvgIpc) is 2.66. The molecule has 0 bridgehead atoms. The van der Waals surface area contributed by atoms with E-state index in [0.29, 0.717) is 0 Å². The molecule has 4 nitrogen and oxygen atoms in total. The van der Waals surface area contributed by atoms with E-state index in [4.69, 9.17) is 14.2 Å². The minimum absolute atomic E-state index is 0.115. The molecule has 0 aromatic heterocycles. The maximum absolute atomic E-state index is 12.1. The van der Waals surface area contributed by atoms with E-state index in [1.807, 2.05) is 13.0 Å². The topological polar surface area (TPSA) is 44.8 Å². The fraction of sp³-hybridized carbons (Fsp3) is 0.522. The number of carbonyl (C=O) groups excluding carboxylic acids is 1. The number of ether oxygens (including phenoxy) is 3. The Labute approximate surface area is 165 Å². The molecule has 0 N–H and O–H groups in total. The molecule has 0 saturated heterocycles. The summed E-state index contributed by atoms with van der Waals surface area (Å²) in [4.78, 5) is 12.1. The molecule has 0 saturated carbocycles. The fourth-order valence-electron chi connectivity index (χ4n) is 2.44. The smallest absolute Gasteiger partial charge is 0.373 e. The van der Waals surface area contributed by atoms with Crippen molar-refractivity contribution in [2.75, 3.05) is 20.8 Å². The van der Waals surface area contributed by atoms with Gasteiger partial charge >= 0.3 is 5.97 Å². The summed E-state index contributed by atoms with van der Waals surface area (Å²) in [7, 11) is 3.00. The minimum Gasteiger partial charge on any atom is -0.490 e. The zero-order valence-electron chi connectivity index (χ0n) is 17.5. The highest BCUT2D eigenvalue weighted by molar-refractivity contribution is 5.86. The molecule has 4 heteroatoms. The van der Waals surface area contributed by atoms with Crippen molar-refractivity contribution < 1.29 is 19.0 Å². The number of allylic oxidation sites excluding steroid dienone is 6. The first-order chi connectivity index (χ1) is 13.0. The predicted octanol–water partition coefficient (Wildman–Crippen LogP) is 5.68. The van der Waals surface area contributed by atoms with Crippen molar-refractivity contribution in [2.24, 2.45) is 0 Å². The number of hydrogen-bond donors (Lipinski definition) is 0. The van der Waals surface area contributed by atoms with Crippen LogP contribution in [0.4, 0.5) is 0 Å². The molecule has 0 rings (SSSR count). The summed E-state index contributed by atoms with van der Waals surface area (Å²) in [6.45, 7) is 11.6. The highest BCUT2D eigenvalue weighted by atomic mass is 16.6. The van der Waals surface area contributed by atoms with Gasteiger partial charge in [0.1, 0.15) is 12.7 Å². The van der Waals surface area contributed by atoms with E-state index in [0.717, 1.165) is 24.8 Å². The van der Waals surface area contributed by atoms with Gasteiger partial charge in [-0.05, 0) is 45.6 Å². The molecule has 27 heavy (non-hydrogen) atoms. The van der Waals surface area contributed by atoms with Crippen LogP contribution in [0, 0.1) is 0 Å². The van der Waals surface area contributed by atoms with Crippen LogP contribution in [0.15, 0.2) is 60.4 Å². The van der Waals surface area contributed by atoms with Crippen LogP contribution in [0.2, 0.25) is 0 Å². The summed E-state index contributed by atoms with van der Waals surface area (Å²) in [6.07, 6.45) is 15.9. The lowest BCUT2D eigenvalue weighted by Gasteiger charge is -2.12. The summed E-state index contributed by atoms with van der Waals surface area (Å²) < 4.78 is 15.4. The van der Waals surface area contributed by atoms with Gasteiger partial charge in [0.2, 0.25) is 5.76 Å². The van der Waals surface area contributed by atoms with E-state index in [1.165, 1.54) is 31.9 Å². The van der Waals surface area contributed by atoms with Crippen molar-refractivity contribution in [3.63, 3.8) is 0 Å². The lowest BCUT2D eigenvalue weighted by molar-refractivity contribution is -0.145. The molecule has 0 amide bonds. The van der Waals surface area contributed by atoms with Crippen molar-refractivity contribution >= 4 is 5.97 Å². The highest BCUT2D eigenvalue weighted by Crippen LogP contribution is 2.13. The predicted molar refractivity (Wildman–Crippen MR) is 112 cm³/mol. The zero-order valence-corrected chi connectivity index (χ0v) is 17.5. The summed E-state index contributed by atoms with van der Waals surface area (Å²) in [6, 6.07) is 0. The number of rotatable bonds is 15. The first-order valence-electron chi connectivity index (χ1n) is 9.51. The SMILES string of the molecule is C=C/C=C(\C)CCCCCC/C=C(C)/C=C(\OC)C(=O)OCC(C=C)OC. The minimum atomic E-state index is -0.503. The van der Waals surface area contributed by atoms with Crippen LogP contribution < -0.4 is 0 Å². The Bertz CT molecular complexity index is 541. The number of carbonyl (C=O) groups is 1. The molecular formula is C23H36O4. The molecule has 1 unspecified atom stereocenters. The lowest BCUT2D eigenvalue weighted by atomic mass is 10.1. The Hall–Kier alpha value is -2.07. The molecule has 0 fully saturated rings. The number of hydrogen-bond acceptors (Lipinski definition) is 4. The zero-order chi connectivity index (χ0) is 20.5. The van der Waals surface area contributed by atoms with Gasteiger partial charge < -0.3 is 14.2 Å². The molecule has 0 aliphatic carbocycles. The van der Waals surface area contributed by atoms with E-state index in [9.17, 15) is 4.79 Å². The van der Waals surface area contributed by atoms with Gasteiger partial charge in [-0.2, -0.15) is 0 Å². The van der Waals surface area contributed by atoms with Gasteiger partial charge in [-0.15, -0.1) is 6.58 Å². The van der Waals surface area contributed by atoms with E-state index >= 15 is 0 Å². The second kappa shape index (κ2) is 16.1. The Morgan fingerprint density at radius 3 is 2.37 bits per heavy atom. The van der Waals surface area contributed by atoms with Gasteiger partial charge in [0.05, 0.1) is 7.11 Å². The number of unbranched alkanes of at least 4 members (excludes halogenated alkanes) is 4. The molecule has 0 aromatic rings. The van der Waals surface area contributed by atoms with Crippen LogP contribution in [0.25, 0.3) is 0 Å². The van der Waals surface area contributed by atoms with E-state index in [2.05, 4.69) is 32.2 Å². The van der Waals surface area contributed by atoms with E-state index < -0.39 is 5.97 Å². The Balaban J connectivity index is 4.25. The Morgan fingerprint density at radius 1 is 1.07 bits per heavy atom.